The second kappa shape index (κ2) is 11.4. The predicted octanol–water partition coefficient (Wildman–Crippen LogP) is 5.86. The van der Waals surface area contributed by atoms with Gasteiger partial charge in [0.2, 0.25) is 5.78 Å². The SMILES string of the molecule is CCCCC(F)(F)C(=O)CC[C@@H]1[C@H]2CCCCCCC(=O)O[C@H]2C[C@H]1OC(C)C. The molecule has 0 amide bonds. The average molecular weight is 417 g/mol. The molecular formula is C23H38F2O4. The molecule has 29 heavy (non-hydrogen) atoms. The lowest BCUT2D eigenvalue weighted by Crippen LogP contribution is -2.32. The zero-order valence-electron chi connectivity index (χ0n) is 18.3. The minimum absolute atomic E-state index is 0.00465. The number of unbranched alkanes of at least 4 members (excludes halogenated alkanes) is 1. The van der Waals surface area contributed by atoms with Gasteiger partial charge in [-0.05, 0) is 45.4 Å². The van der Waals surface area contributed by atoms with Gasteiger partial charge in [-0.3, -0.25) is 9.59 Å². The zero-order chi connectivity index (χ0) is 21.4. The Morgan fingerprint density at radius 2 is 1.97 bits per heavy atom. The van der Waals surface area contributed by atoms with E-state index in [9.17, 15) is 18.4 Å². The van der Waals surface area contributed by atoms with Crippen LogP contribution in [0.1, 0.15) is 97.8 Å². The van der Waals surface area contributed by atoms with Crippen molar-refractivity contribution in [3.05, 3.63) is 0 Å². The highest BCUT2D eigenvalue weighted by molar-refractivity contribution is 5.85. The van der Waals surface area contributed by atoms with E-state index in [4.69, 9.17) is 9.47 Å². The molecule has 0 radical (unpaired) electrons. The topological polar surface area (TPSA) is 52.6 Å². The van der Waals surface area contributed by atoms with E-state index in [2.05, 4.69) is 0 Å². The number of rotatable bonds is 9. The third kappa shape index (κ3) is 7.30. The van der Waals surface area contributed by atoms with Crippen LogP contribution in [0.4, 0.5) is 8.78 Å². The van der Waals surface area contributed by atoms with Gasteiger partial charge in [-0.15, -0.1) is 0 Å². The monoisotopic (exact) mass is 416 g/mol. The van der Waals surface area contributed by atoms with Crippen LogP contribution in [-0.2, 0) is 19.1 Å². The third-order valence-corrected chi connectivity index (χ3v) is 6.32. The number of fused-ring (bicyclic) bond motifs is 1. The first-order valence-corrected chi connectivity index (χ1v) is 11.5. The van der Waals surface area contributed by atoms with E-state index in [0.29, 0.717) is 32.1 Å². The van der Waals surface area contributed by atoms with Gasteiger partial charge in [0, 0.05) is 31.6 Å². The van der Waals surface area contributed by atoms with Gasteiger partial charge in [0.25, 0.3) is 0 Å². The van der Waals surface area contributed by atoms with Crippen LogP contribution in [0, 0.1) is 11.8 Å². The molecule has 0 unspecified atom stereocenters. The minimum Gasteiger partial charge on any atom is -0.462 e. The van der Waals surface area contributed by atoms with Crippen molar-refractivity contribution in [3.63, 3.8) is 0 Å². The molecule has 1 saturated carbocycles. The quantitative estimate of drug-likeness (QED) is 0.442. The van der Waals surface area contributed by atoms with Crippen molar-refractivity contribution in [2.45, 2.75) is 122 Å². The zero-order valence-corrected chi connectivity index (χ0v) is 18.3. The van der Waals surface area contributed by atoms with E-state index in [0.717, 1.165) is 32.1 Å². The lowest BCUT2D eigenvalue weighted by molar-refractivity contribution is -0.152. The fourth-order valence-electron chi connectivity index (χ4n) is 4.82. The van der Waals surface area contributed by atoms with Crippen LogP contribution in [-0.4, -0.2) is 36.0 Å². The number of Topliss-reactive ketones (excluding diaryl/α,β-unsaturated/α-hetero) is 1. The highest BCUT2D eigenvalue weighted by Gasteiger charge is 2.47. The largest absolute Gasteiger partial charge is 0.462 e. The molecule has 1 aliphatic carbocycles. The maximum atomic E-state index is 14.1. The molecule has 168 valence electrons. The standard InChI is InChI=1S/C23H38F2O4/c1-4-5-14-23(24,25)21(26)13-12-18-17-10-8-6-7-9-11-22(27)29-20(17)15-19(18)28-16(2)3/h16-20H,4-15H2,1-3H3/t17-,18-,19-,20+/m1/s1. The van der Waals surface area contributed by atoms with E-state index in [1.165, 1.54) is 0 Å². The number of hydrogen-bond donors (Lipinski definition) is 0. The molecule has 4 nitrogen and oxygen atoms in total. The summed E-state index contributed by atoms with van der Waals surface area (Å²) in [5, 5.41) is 0. The summed E-state index contributed by atoms with van der Waals surface area (Å²) in [6, 6.07) is 0. The molecule has 0 spiro atoms. The summed E-state index contributed by atoms with van der Waals surface area (Å²) in [6.07, 6.45) is 6.33. The fourth-order valence-corrected chi connectivity index (χ4v) is 4.82. The van der Waals surface area contributed by atoms with Crippen LogP contribution in [0.15, 0.2) is 0 Å². The smallest absolute Gasteiger partial charge is 0.306 e. The molecule has 1 aliphatic heterocycles. The first-order chi connectivity index (χ1) is 13.7. The summed E-state index contributed by atoms with van der Waals surface area (Å²) < 4.78 is 40.1. The van der Waals surface area contributed by atoms with E-state index in [1.807, 2.05) is 20.8 Å². The number of esters is 1. The normalized spacial score (nSPS) is 28.8. The molecule has 2 fully saturated rings. The maximum Gasteiger partial charge on any atom is 0.306 e. The molecule has 0 aromatic rings. The predicted molar refractivity (Wildman–Crippen MR) is 108 cm³/mol. The Morgan fingerprint density at radius 1 is 1.24 bits per heavy atom. The van der Waals surface area contributed by atoms with E-state index in [-0.39, 0.29) is 49.0 Å². The molecule has 0 N–H and O–H groups in total. The van der Waals surface area contributed by atoms with Crippen molar-refractivity contribution < 1.29 is 27.8 Å². The van der Waals surface area contributed by atoms with E-state index in [1.54, 1.807) is 0 Å². The van der Waals surface area contributed by atoms with Gasteiger partial charge >= 0.3 is 11.9 Å². The minimum atomic E-state index is -3.24. The van der Waals surface area contributed by atoms with Crippen molar-refractivity contribution in [1.29, 1.82) is 0 Å². The summed E-state index contributed by atoms with van der Waals surface area (Å²) in [7, 11) is 0. The van der Waals surface area contributed by atoms with Gasteiger partial charge in [0.1, 0.15) is 6.10 Å². The number of hydrogen-bond acceptors (Lipinski definition) is 4. The second-order valence-corrected chi connectivity index (χ2v) is 9.04. The van der Waals surface area contributed by atoms with Crippen LogP contribution in [0.25, 0.3) is 0 Å². The van der Waals surface area contributed by atoms with Gasteiger partial charge in [0.15, 0.2) is 0 Å². The average Bonchev–Trinajstić information content (AvgIpc) is 2.96. The van der Waals surface area contributed by atoms with Crippen LogP contribution < -0.4 is 0 Å². The molecule has 6 heteroatoms. The van der Waals surface area contributed by atoms with Gasteiger partial charge in [-0.2, -0.15) is 8.78 Å². The van der Waals surface area contributed by atoms with Crippen molar-refractivity contribution in [3.8, 4) is 0 Å². The van der Waals surface area contributed by atoms with Gasteiger partial charge in [-0.25, -0.2) is 0 Å². The van der Waals surface area contributed by atoms with Crippen molar-refractivity contribution in [1.82, 2.24) is 0 Å². The molecule has 1 saturated heterocycles. The Hall–Kier alpha value is -1.04. The van der Waals surface area contributed by atoms with Crippen LogP contribution in [0.5, 0.6) is 0 Å². The fraction of sp³-hybridized carbons (Fsp3) is 0.913. The molecule has 0 bridgehead atoms. The van der Waals surface area contributed by atoms with Crippen LogP contribution in [0.2, 0.25) is 0 Å². The number of ether oxygens (including phenoxy) is 2. The molecular weight excluding hydrogens is 378 g/mol. The Balaban J connectivity index is 2.09. The highest BCUT2D eigenvalue weighted by atomic mass is 19.3. The Bertz CT molecular complexity index is 535. The molecule has 2 aliphatic rings. The first kappa shape index (κ1) is 24.2. The van der Waals surface area contributed by atoms with Gasteiger partial charge in [-0.1, -0.05) is 32.6 Å². The highest BCUT2D eigenvalue weighted by Crippen LogP contribution is 2.43. The molecule has 1 heterocycles. The molecule has 0 aromatic carbocycles. The molecule has 4 atom stereocenters. The van der Waals surface area contributed by atoms with Gasteiger partial charge in [0.05, 0.1) is 12.2 Å². The molecule has 2 rings (SSSR count). The lowest BCUT2D eigenvalue weighted by Gasteiger charge is -2.28. The first-order valence-electron chi connectivity index (χ1n) is 11.5. The van der Waals surface area contributed by atoms with E-state index >= 15 is 0 Å². The van der Waals surface area contributed by atoms with Crippen molar-refractivity contribution in [2.24, 2.45) is 11.8 Å². The number of carbonyl (C=O) groups excluding carboxylic acids is 2. The Labute approximate surface area is 174 Å². The summed E-state index contributed by atoms with van der Waals surface area (Å²) >= 11 is 0. The van der Waals surface area contributed by atoms with Crippen molar-refractivity contribution in [2.75, 3.05) is 0 Å². The summed E-state index contributed by atoms with van der Waals surface area (Å²) in [4.78, 5) is 24.4. The van der Waals surface area contributed by atoms with E-state index < -0.39 is 11.7 Å². The lowest BCUT2D eigenvalue weighted by atomic mass is 9.84. The summed E-state index contributed by atoms with van der Waals surface area (Å²) in [5.74, 6) is -4.33. The number of ketones is 1. The Morgan fingerprint density at radius 3 is 2.66 bits per heavy atom. The summed E-state index contributed by atoms with van der Waals surface area (Å²) in [5.41, 5.74) is 0. The van der Waals surface area contributed by atoms with Crippen LogP contribution >= 0.6 is 0 Å². The third-order valence-electron chi connectivity index (χ3n) is 6.32. The molecule has 0 aromatic heterocycles. The number of halogens is 2. The van der Waals surface area contributed by atoms with Gasteiger partial charge < -0.3 is 9.47 Å². The Kier molecular flexibility index (Phi) is 9.51. The number of alkyl halides is 2. The van der Waals surface area contributed by atoms with Crippen molar-refractivity contribution >= 4 is 11.8 Å². The summed E-state index contributed by atoms with van der Waals surface area (Å²) in [6.45, 7) is 5.74. The van der Waals surface area contributed by atoms with Crippen LogP contribution in [0.3, 0.4) is 0 Å². The second-order valence-electron chi connectivity index (χ2n) is 9.04. The number of carbonyl (C=O) groups is 2. The maximum absolute atomic E-state index is 14.1.